The molecule has 1 rings (SSSR count). The second-order valence-electron chi connectivity index (χ2n) is 15.5. The minimum Gasteiger partial charge on any atom is -0.457 e. The van der Waals surface area contributed by atoms with E-state index in [1.807, 2.05) is 0 Å². The van der Waals surface area contributed by atoms with Crippen molar-refractivity contribution in [3.05, 3.63) is 60.8 Å². The molecule has 0 radical (unpaired) electrons. The Balaban J connectivity index is 2.21. The van der Waals surface area contributed by atoms with Crippen molar-refractivity contribution in [3.8, 4) is 0 Å². The topological polar surface area (TPSA) is 135 Å². The lowest BCUT2D eigenvalue weighted by atomic mass is 9.99. The largest absolute Gasteiger partial charge is 0.457 e. The van der Waals surface area contributed by atoms with Crippen LogP contribution in [0.3, 0.4) is 0 Å². The molecule has 0 aliphatic carbocycles. The van der Waals surface area contributed by atoms with Crippen LogP contribution in [0.2, 0.25) is 0 Å². The molecule has 6 atom stereocenters. The third-order valence-corrected chi connectivity index (χ3v) is 10.1. The third kappa shape index (κ3) is 30.6. The predicted molar refractivity (Wildman–Crippen MR) is 233 cm³/mol. The first-order chi connectivity index (χ1) is 27.9. The molecule has 1 heterocycles. The lowest BCUT2D eigenvalue weighted by molar-refractivity contribution is -0.305. The van der Waals surface area contributed by atoms with Crippen molar-refractivity contribution < 1.29 is 44.2 Å². The van der Waals surface area contributed by atoms with Crippen LogP contribution in [-0.2, 0) is 23.7 Å². The Kier molecular flexibility index (Phi) is 36.5. The van der Waals surface area contributed by atoms with Gasteiger partial charge in [0.1, 0.15) is 30.5 Å². The highest BCUT2D eigenvalue weighted by molar-refractivity contribution is 5.69. The molecule has 1 saturated heterocycles. The molecule has 0 aromatic rings. The summed E-state index contributed by atoms with van der Waals surface area (Å²) in [7, 11) is 0. The summed E-state index contributed by atoms with van der Waals surface area (Å²) < 4.78 is 22.8. The average Bonchev–Trinajstić information content (AvgIpc) is 3.21. The summed E-state index contributed by atoms with van der Waals surface area (Å²) in [5, 5.41) is 40.1. The molecule has 0 aromatic heterocycles. The van der Waals surface area contributed by atoms with Crippen molar-refractivity contribution in [1.82, 2.24) is 0 Å². The number of unbranched alkanes of at least 4 members (excludes halogenated alkanes) is 17. The van der Waals surface area contributed by atoms with Gasteiger partial charge in [-0.1, -0.05) is 158 Å². The minimum absolute atomic E-state index is 0.119. The number of hydrogen-bond acceptors (Lipinski definition) is 9. The molecule has 0 aromatic carbocycles. The van der Waals surface area contributed by atoms with Crippen LogP contribution in [0, 0.1) is 0 Å². The van der Waals surface area contributed by atoms with Crippen LogP contribution in [0.15, 0.2) is 60.8 Å². The molecule has 0 saturated carbocycles. The van der Waals surface area contributed by atoms with Crippen LogP contribution >= 0.6 is 0 Å². The van der Waals surface area contributed by atoms with Gasteiger partial charge in [0.15, 0.2) is 6.29 Å². The number of aliphatic hydroxyl groups excluding tert-OH is 4. The van der Waals surface area contributed by atoms with Crippen LogP contribution in [0.5, 0.6) is 0 Å². The van der Waals surface area contributed by atoms with Crippen LogP contribution in [0.1, 0.15) is 174 Å². The van der Waals surface area contributed by atoms with Gasteiger partial charge in [-0.05, 0) is 70.6 Å². The van der Waals surface area contributed by atoms with E-state index in [1.165, 1.54) is 70.6 Å². The molecular formula is C48H84O9. The molecule has 6 unspecified atom stereocenters. The summed E-state index contributed by atoms with van der Waals surface area (Å²) in [5.74, 6) is -0.323. The van der Waals surface area contributed by atoms with Gasteiger partial charge in [-0.25, -0.2) is 0 Å². The molecule has 0 spiro atoms. The van der Waals surface area contributed by atoms with Gasteiger partial charge < -0.3 is 39.4 Å². The van der Waals surface area contributed by atoms with Gasteiger partial charge in [0.2, 0.25) is 0 Å². The standard InChI is InChI=1S/C48H84O9/c1-3-5-7-9-11-13-15-16-17-18-19-20-21-22-23-24-25-26-27-29-31-33-35-37-44(50)56-42(41-55-48-47(53)46(52)45(51)43(39-49)57-48)40-54-38-36-34-32-30-28-14-12-10-8-6-4-2/h5,7-8,10-11,13,16-17,19-20,42-43,45-49,51-53H,3-4,6,9,12,14-15,18,21-41H2,1-2H3/b7-5-,10-8-,13-11-,17-16-,20-19-. The minimum atomic E-state index is -1.54. The van der Waals surface area contributed by atoms with Gasteiger partial charge in [0.05, 0.1) is 19.8 Å². The van der Waals surface area contributed by atoms with Crippen molar-refractivity contribution in [2.75, 3.05) is 26.4 Å². The normalized spacial score (nSPS) is 21.0. The second-order valence-corrected chi connectivity index (χ2v) is 15.5. The van der Waals surface area contributed by atoms with E-state index >= 15 is 0 Å². The van der Waals surface area contributed by atoms with Gasteiger partial charge in [-0.2, -0.15) is 0 Å². The lowest BCUT2D eigenvalue weighted by Gasteiger charge is -2.39. The molecule has 57 heavy (non-hydrogen) atoms. The third-order valence-electron chi connectivity index (χ3n) is 10.1. The number of carbonyl (C=O) groups is 1. The second kappa shape index (κ2) is 39.4. The molecule has 1 fully saturated rings. The van der Waals surface area contributed by atoms with Gasteiger partial charge >= 0.3 is 5.97 Å². The Bertz CT molecular complexity index is 1050. The van der Waals surface area contributed by atoms with Crippen molar-refractivity contribution in [1.29, 1.82) is 0 Å². The smallest absolute Gasteiger partial charge is 0.306 e. The summed E-state index contributed by atoms with van der Waals surface area (Å²) in [6.07, 6.45) is 42.5. The summed E-state index contributed by atoms with van der Waals surface area (Å²) in [5.41, 5.74) is 0. The number of ether oxygens (including phenoxy) is 4. The number of esters is 1. The van der Waals surface area contributed by atoms with Crippen molar-refractivity contribution >= 4 is 5.97 Å². The van der Waals surface area contributed by atoms with Crippen molar-refractivity contribution in [2.45, 2.75) is 211 Å². The zero-order valence-corrected chi connectivity index (χ0v) is 36.1. The number of rotatable bonds is 38. The molecular weight excluding hydrogens is 721 g/mol. The van der Waals surface area contributed by atoms with E-state index in [0.717, 1.165) is 83.5 Å². The maximum Gasteiger partial charge on any atom is 0.306 e. The van der Waals surface area contributed by atoms with E-state index in [9.17, 15) is 25.2 Å². The Hall–Kier alpha value is -2.11. The van der Waals surface area contributed by atoms with Crippen molar-refractivity contribution in [2.24, 2.45) is 0 Å². The van der Waals surface area contributed by atoms with Gasteiger partial charge in [0.25, 0.3) is 0 Å². The van der Waals surface area contributed by atoms with Gasteiger partial charge in [-0.3, -0.25) is 4.79 Å². The van der Waals surface area contributed by atoms with E-state index in [1.54, 1.807) is 0 Å². The van der Waals surface area contributed by atoms with Crippen molar-refractivity contribution in [3.63, 3.8) is 0 Å². The number of carbonyl (C=O) groups excluding carboxylic acids is 1. The SMILES string of the molecule is CC/C=C\C/C=C\C/C=C\C/C=C\CCCCCCCCCCCCC(=O)OC(COCCCCCCCC/C=C\CCC)COC1OC(CO)C(O)C(O)C1O. The molecule has 1 aliphatic rings. The summed E-state index contributed by atoms with van der Waals surface area (Å²) in [4.78, 5) is 12.8. The fraction of sp³-hybridized carbons (Fsp3) is 0.771. The van der Waals surface area contributed by atoms with Crippen LogP contribution in [0.4, 0.5) is 0 Å². The average molecular weight is 805 g/mol. The predicted octanol–water partition coefficient (Wildman–Crippen LogP) is 10.3. The maximum absolute atomic E-state index is 12.8. The Morgan fingerprint density at radius 2 is 1.07 bits per heavy atom. The molecule has 9 nitrogen and oxygen atoms in total. The first-order valence-corrected chi connectivity index (χ1v) is 22.9. The Morgan fingerprint density at radius 1 is 0.579 bits per heavy atom. The van der Waals surface area contributed by atoms with E-state index < -0.39 is 43.4 Å². The molecule has 330 valence electrons. The zero-order chi connectivity index (χ0) is 41.4. The number of allylic oxidation sites excluding steroid dienone is 10. The Labute approximate surface area is 347 Å². The fourth-order valence-corrected chi connectivity index (χ4v) is 6.60. The van der Waals surface area contributed by atoms with E-state index in [2.05, 4.69) is 74.6 Å². The van der Waals surface area contributed by atoms with Crippen LogP contribution < -0.4 is 0 Å². The first kappa shape index (κ1) is 52.9. The summed E-state index contributed by atoms with van der Waals surface area (Å²) in [6.45, 7) is 4.37. The summed E-state index contributed by atoms with van der Waals surface area (Å²) >= 11 is 0. The molecule has 9 heteroatoms. The van der Waals surface area contributed by atoms with Gasteiger partial charge in [-0.15, -0.1) is 0 Å². The van der Waals surface area contributed by atoms with Crippen LogP contribution in [0.25, 0.3) is 0 Å². The maximum atomic E-state index is 12.8. The fourth-order valence-electron chi connectivity index (χ4n) is 6.60. The lowest BCUT2D eigenvalue weighted by Crippen LogP contribution is -2.59. The molecule has 1 aliphatic heterocycles. The monoisotopic (exact) mass is 805 g/mol. The summed E-state index contributed by atoms with van der Waals surface area (Å²) in [6, 6.07) is 0. The van der Waals surface area contributed by atoms with E-state index in [-0.39, 0.29) is 19.2 Å². The highest BCUT2D eigenvalue weighted by Crippen LogP contribution is 2.22. The van der Waals surface area contributed by atoms with Crippen LogP contribution in [-0.4, -0.2) is 89.6 Å². The molecule has 4 N–H and O–H groups in total. The number of aliphatic hydroxyl groups is 4. The highest BCUT2D eigenvalue weighted by Gasteiger charge is 2.44. The highest BCUT2D eigenvalue weighted by atomic mass is 16.7. The van der Waals surface area contributed by atoms with E-state index in [0.29, 0.717) is 13.0 Å². The zero-order valence-electron chi connectivity index (χ0n) is 36.1. The Morgan fingerprint density at radius 3 is 1.63 bits per heavy atom. The van der Waals surface area contributed by atoms with Gasteiger partial charge in [0, 0.05) is 13.0 Å². The quantitative estimate of drug-likeness (QED) is 0.0273. The first-order valence-electron chi connectivity index (χ1n) is 22.9. The molecule has 0 amide bonds. The molecule has 0 bridgehead atoms. The van der Waals surface area contributed by atoms with E-state index in [4.69, 9.17) is 18.9 Å². The number of hydrogen-bond donors (Lipinski definition) is 4.